The van der Waals surface area contributed by atoms with Crippen molar-refractivity contribution in [2.24, 2.45) is 0 Å². The lowest BCUT2D eigenvalue weighted by atomic mass is 10.1. The van der Waals surface area contributed by atoms with E-state index >= 15 is 0 Å². The minimum absolute atomic E-state index is 0.407. The van der Waals surface area contributed by atoms with Crippen molar-refractivity contribution >= 4 is 17.5 Å². The number of nitrogens with zero attached hydrogens (tertiary/aromatic N) is 3. The Bertz CT molecular complexity index is 614. The van der Waals surface area contributed by atoms with Gasteiger partial charge in [-0.3, -0.25) is 0 Å². The van der Waals surface area contributed by atoms with Crippen molar-refractivity contribution in [3.63, 3.8) is 0 Å². The summed E-state index contributed by atoms with van der Waals surface area (Å²) in [7, 11) is 1.59. The lowest BCUT2D eigenvalue weighted by molar-refractivity contribution is 0.400. The van der Waals surface area contributed by atoms with E-state index in [1.807, 2.05) is 18.2 Å². The number of pyridine rings is 1. The monoisotopic (exact) mass is 300 g/mol. The van der Waals surface area contributed by atoms with E-state index in [2.05, 4.69) is 30.9 Å². The maximum absolute atomic E-state index is 5.22. The van der Waals surface area contributed by atoms with Gasteiger partial charge in [0.15, 0.2) is 0 Å². The summed E-state index contributed by atoms with van der Waals surface area (Å²) in [6.07, 6.45) is 5.74. The van der Waals surface area contributed by atoms with Crippen molar-refractivity contribution in [3.8, 4) is 5.88 Å². The minimum Gasteiger partial charge on any atom is -0.480 e. The molecule has 1 atom stereocenters. The van der Waals surface area contributed by atoms with Gasteiger partial charge in [-0.1, -0.05) is 0 Å². The fourth-order valence-electron chi connectivity index (χ4n) is 2.45. The number of hydrogen-bond acceptors (Lipinski definition) is 7. The molecule has 1 aliphatic rings. The van der Waals surface area contributed by atoms with E-state index in [1.54, 1.807) is 19.5 Å². The third-order valence-corrected chi connectivity index (χ3v) is 3.52. The lowest BCUT2D eigenvalue weighted by Crippen LogP contribution is -2.38. The normalized spacial score (nSPS) is 17.8. The van der Waals surface area contributed by atoms with Crippen LogP contribution in [0.2, 0.25) is 0 Å². The molecule has 3 heterocycles. The molecule has 2 aromatic rings. The molecule has 116 valence electrons. The molecule has 0 bridgehead atoms. The van der Waals surface area contributed by atoms with Crippen molar-refractivity contribution in [1.82, 2.24) is 20.3 Å². The Morgan fingerprint density at radius 3 is 3.05 bits per heavy atom. The zero-order chi connectivity index (χ0) is 15.2. The molecule has 1 saturated heterocycles. The van der Waals surface area contributed by atoms with Gasteiger partial charge >= 0.3 is 0 Å². The molecule has 1 unspecified atom stereocenters. The van der Waals surface area contributed by atoms with Gasteiger partial charge in [0, 0.05) is 25.0 Å². The van der Waals surface area contributed by atoms with E-state index in [1.165, 1.54) is 6.42 Å². The van der Waals surface area contributed by atoms with E-state index in [0.29, 0.717) is 17.9 Å². The molecule has 0 spiro atoms. The van der Waals surface area contributed by atoms with E-state index in [-0.39, 0.29) is 0 Å². The van der Waals surface area contributed by atoms with Gasteiger partial charge in [0.25, 0.3) is 0 Å². The standard InChI is InChI=1S/C15H20N6O/c1-22-14-12(5-3-8-17-14)20-15-18-9-6-13(21-15)19-11-4-2-7-16-10-11/h3,5-6,8-9,11,16H,2,4,7,10H2,1H3,(H2,18,19,20,21). The highest BCUT2D eigenvalue weighted by Gasteiger charge is 2.13. The van der Waals surface area contributed by atoms with E-state index in [4.69, 9.17) is 4.74 Å². The molecule has 7 heteroatoms. The second kappa shape index (κ2) is 7.04. The molecule has 1 aliphatic heterocycles. The van der Waals surface area contributed by atoms with E-state index in [9.17, 15) is 0 Å². The van der Waals surface area contributed by atoms with Crippen molar-refractivity contribution in [1.29, 1.82) is 0 Å². The van der Waals surface area contributed by atoms with Crippen LogP contribution in [-0.2, 0) is 0 Å². The highest BCUT2D eigenvalue weighted by Crippen LogP contribution is 2.23. The van der Waals surface area contributed by atoms with Gasteiger partial charge in [-0.05, 0) is 37.6 Å². The summed E-state index contributed by atoms with van der Waals surface area (Å²) < 4.78 is 5.22. The van der Waals surface area contributed by atoms with Crippen LogP contribution in [0, 0.1) is 0 Å². The molecule has 1 fully saturated rings. The summed E-state index contributed by atoms with van der Waals surface area (Å²) in [5, 5.41) is 9.95. The number of piperidine rings is 1. The van der Waals surface area contributed by atoms with Crippen molar-refractivity contribution in [2.45, 2.75) is 18.9 Å². The fourth-order valence-corrected chi connectivity index (χ4v) is 2.45. The smallest absolute Gasteiger partial charge is 0.237 e. The first-order valence-corrected chi connectivity index (χ1v) is 7.41. The number of aromatic nitrogens is 3. The summed E-state index contributed by atoms with van der Waals surface area (Å²) in [5.74, 6) is 1.84. The van der Waals surface area contributed by atoms with Gasteiger partial charge in [0.05, 0.1) is 7.11 Å². The molecule has 22 heavy (non-hydrogen) atoms. The average molecular weight is 300 g/mol. The summed E-state index contributed by atoms with van der Waals surface area (Å²) in [6, 6.07) is 5.99. The predicted octanol–water partition coefficient (Wildman–Crippen LogP) is 1.79. The van der Waals surface area contributed by atoms with Crippen LogP contribution in [0.4, 0.5) is 17.5 Å². The van der Waals surface area contributed by atoms with Gasteiger partial charge in [-0.25, -0.2) is 9.97 Å². The van der Waals surface area contributed by atoms with Crippen LogP contribution in [0.1, 0.15) is 12.8 Å². The fraction of sp³-hybridized carbons (Fsp3) is 0.400. The summed E-state index contributed by atoms with van der Waals surface area (Å²) >= 11 is 0. The van der Waals surface area contributed by atoms with Gasteiger partial charge in [-0.2, -0.15) is 4.98 Å². The molecular formula is C15H20N6O. The third-order valence-electron chi connectivity index (χ3n) is 3.52. The predicted molar refractivity (Wildman–Crippen MR) is 85.6 cm³/mol. The SMILES string of the molecule is COc1ncccc1Nc1nccc(NC2CCCNC2)n1. The highest BCUT2D eigenvalue weighted by atomic mass is 16.5. The zero-order valence-corrected chi connectivity index (χ0v) is 12.5. The molecule has 3 rings (SSSR count). The summed E-state index contributed by atoms with van der Waals surface area (Å²) in [5.41, 5.74) is 0.737. The molecular weight excluding hydrogens is 280 g/mol. The Kier molecular flexibility index (Phi) is 4.65. The summed E-state index contributed by atoms with van der Waals surface area (Å²) in [6.45, 7) is 2.05. The Hall–Kier alpha value is -2.41. The van der Waals surface area contributed by atoms with Crippen LogP contribution in [0.5, 0.6) is 5.88 Å². The van der Waals surface area contributed by atoms with Crippen LogP contribution < -0.4 is 20.7 Å². The molecule has 0 radical (unpaired) electrons. The van der Waals surface area contributed by atoms with E-state index in [0.717, 1.165) is 31.0 Å². The van der Waals surface area contributed by atoms with E-state index < -0.39 is 0 Å². The number of nitrogens with one attached hydrogen (secondary N) is 3. The zero-order valence-electron chi connectivity index (χ0n) is 12.5. The molecule has 2 aromatic heterocycles. The second-order valence-electron chi connectivity index (χ2n) is 5.14. The number of methoxy groups -OCH3 is 1. The van der Waals surface area contributed by atoms with Crippen molar-refractivity contribution in [2.75, 3.05) is 30.8 Å². The Balaban J connectivity index is 1.70. The average Bonchev–Trinajstić information content (AvgIpc) is 2.57. The number of rotatable bonds is 5. The second-order valence-corrected chi connectivity index (χ2v) is 5.14. The quantitative estimate of drug-likeness (QED) is 0.776. The molecule has 7 nitrogen and oxygen atoms in total. The summed E-state index contributed by atoms with van der Waals surface area (Å²) in [4.78, 5) is 12.9. The Labute approximate surface area is 129 Å². The minimum atomic E-state index is 0.407. The molecule has 0 amide bonds. The maximum Gasteiger partial charge on any atom is 0.237 e. The number of anilines is 3. The lowest BCUT2D eigenvalue weighted by Gasteiger charge is -2.24. The molecule has 0 saturated carbocycles. The number of hydrogen-bond donors (Lipinski definition) is 3. The van der Waals surface area contributed by atoms with Crippen LogP contribution in [0.15, 0.2) is 30.6 Å². The Morgan fingerprint density at radius 2 is 2.23 bits per heavy atom. The molecule has 0 aliphatic carbocycles. The topological polar surface area (TPSA) is 84.0 Å². The number of ether oxygens (including phenoxy) is 1. The molecule has 0 aromatic carbocycles. The van der Waals surface area contributed by atoms with Crippen LogP contribution in [-0.4, -0.2) is 41.2 Å². The molecule has 3 N–H and O–H groups in total. The van der Waals surface area contributed by atoms with Gasteiger partial charge < -0.3 is 20.7 Å². The van der Waals surface area contributed by atoms with Crippen LogP contribution in [0.3, 0.4) is 0 Å². The van der Waals surface area contributed by atoms with Gasteiger partial charge in [-0.15, -0.1) is 0 Å². The van der Waals surface area contributed by atoms with Crippen LogP contribution in [0.25, 0.3) is 0 Å². The first-order valence-electron chi connectivity index (χ1n) is 7.41. The highest BCUT2D eigenvalue weighted by molar-refractivity contribution is 5.60. The van der Waals surface area contributed by atoms with Crippen molar-refractivity contribution < 1.29 is 4.74 Å². The van der Waals surface area contributed by atoms with Gasteiger partial charge in [0.1, 0.15) is 11.5 Å². The third kappa shape index (κ3) is 3.62. The largest absolute Gasteiger partial charge is 0.480 e. The first kappa shape index (κ1) is 14.5. The van der Waals surface area contributed by atoms with Gasteiger partial charge in [0.2, 0.25) is 11.8 Å². The maximum atomic E-state index is 5.22. The first-order chi connectivity index (χ1) is 10.8. The van der Waals surface area contributed by atoms with Crippen LogP contribution >= 0.6 is 0 Å². The van der Waals surface area contributed by atoms with Crippen molar-refractivity contribution in [3.05, 3.63) is 30.6 Å². The Morgan fingerprint density at radius 1 is 1.27 bits per heavy atom.